The van der Waals surface area contributed by atoms with Crippen LogP contribution in [0.3, 0.4) is 0 Å². The van der Waals surface area contributed by atoms with Gasteiger partial charge in [0.05, 0.1) is 5.69 Å². The van der Waals surface area contributed by atoms with Crippen LogP contribution in [0.5, 0.6) is 5.75 Å². The highest BCUT2D eigenvalue weighted by Gasteiger charge is 2.24. The van der Waals surface area contributed by atoms with E-state index in [0.29, 0.717) is 6.04 Å². The van der Waals surface area contributed by atoms with Crippen LogP contribution in [-0.4, -0.2) is 43.1 Å². The van der Waals surface area contributed by atoms with Crippen LogP contribution in [0.25, 0.3) is 0 Å². The number of likely N-dealkylation sites (N-methyl/N-ethyl adjacent to an activating group) is 1. The van der Waals surface area contributed by atoms with Crippen molar-refractivity contribution in [3.8, 4) is 5.75 Å². The van der Waals surface area contributed by atoms with Gasteiger partial charge in [0.1, 0.15) is 5.75 Å². The summed E-state index contributed by atoms with van der Waals surface area (Å²) in [5.74, 6) is 0.645. The molecular weight excluding hydrogens is 242 g/mol. The van der Waals surface area contributed by atoms with E-state index in [9.17, 15) is 4.79 Å². The third-order valence-electron chi connectivity index (χ3n) is 3.67. The number of hydrogen-bond acceptors (Lipinski definition) is 4. The first kappa shape index (κ1) is 12.3. The number of benzene rings is 1. The summed E-state index contributed by atoms with van der Waals surface area (Å²) in [6.07, 6.45) is 0.725. The van der Waals surface area contributed by atoms with Crippen molar-refractivity contribution in [2.45, 2.75) is 25.5 Å². The number of anilines is 2. The minimum absolute atomic E-state index is 0.0924. The normalized spacial score (nSPS) is 26.5. The second kappa shape index (κ2) is 4.74. The molecule has 1 amide bonds. The molecule has 3 rings (SSSR count). The number of ether oxygens (including phenoxy) is 1. The molecule has 19 heavy (non-hydrogen) atoms. The van der Waals surface area contributed by atoms with Crippen LogP contribution in [0.15, 0.2) is 18.2 Å². The van der Waals surface area contributed by atoms with Crippen LogP contribution < -0.4 is 15.4 Å². The van der Waals surface area contributed by atoms with E-state index in [0.717, 1.165) is 36.6 Å². The van der Waals surface area contributed by atoms with Gasteiger partial charge in [-0.1, -0.05) is 0 Å². The molecule has 0 radical (unpaired) electrons. The first-order chi connectivity index (χ1) is 9.11. The maximum atomic E-state index is 11.6. The Morgan fingerprint density at radius 3 is 3.05 bits per heavy atom. The zero-order chi connectivity index (χ0) is 13.4. The number of fused-ring (bicyclic) bond motifs is 1. The maximum Gasteiger partial charge on any atom is 0.265 e. The van der Waals surface area contributed by atoms with Gasteiger partial charge in [-0.3, -0.25) is 4.79 Å². The summed E-state index contributed by atoms with van der Waals surface area (Å²) in [5.41, 5.74) is 1.77. The van der Waals surface area contributed by atoms with Crippen molar-refractivity contribution < 1.29 is 9.53 Å². The topological polar surface area (TPSA) is 53.6 Å². The summed E-state index contributed by atoms with van der Waals surface area (Å²) >= 11 is 0. The van der Waals surface area contributed by atoms with Crippen molar-refractivity contribution in [1.29, 1.82) is 0 Å². The van der Waals surface area contributed by atoms with Gasteiger partial charge in [0, 0.05) is 18.3 Å². The summed E-state index contributed by atoms with van der Waals surface area (Å²) in [6.45, 7) is 3.93. The van der Waals surface area contributed by atoms with Gasteiger partial charge >= 0.3 is 0 Å². The molecule has 1 fully saturated rings. The predicted octanol–water partition coefficient (Wildman–Crippen LogP) is 1.52. The van der Waals surface area contributed by atoms with Crippen LogP contribution in [0.2, 0.25) is 0 Å². The van der Waals surface area contributed by atoms with Crippen molar-refractivity contribution >= 4 is 17.3 Å². The molecular formula is C14H19N3O2. The molecule has 0 aliphatic carbocycles. The molecule has 2 unspecified atom stereocenters. The molecule has 1 aromatic rings. The van der Waals surface area contributed by atoms with Gasteiger partial charge in [-0.2, -0.15) is 0 Å². The Kier molecular flexibility index (Phi) is 3.06. The zero-order valence-electron chi connectivity index (χ0n) is 11.3. The average Bonchev–Trinajstić information content (AvgIpc) is 2.77. The largest absolute Gasteiger partial charge is 0.479 e. The Balaban J connectivity index is 1.74. The van der Waals surface area contributed by atoms with Crippen molar-refractivity contribution in [1.82, 2.24) is 4.90 Å². The van der Waals surface area contributed by atoms with Gasteiger partial charge in [-0.05, 0) is 45.1 Å². The summed E-state index contributed by atoms with van der Waals surface area (Å²) in [4.78, 5) is 13.9. The number of nitrogens with zero attached hydrogens (tertiary/aromatic N) is 1. The Morgan fingerprint density at radius 1 is 1.47 bits per heavy atom. The molecule has 2 N–H and O–H groups in total. The quantitative estimate of drug-likeness (QED) is 0.847. The highest BCUT2D eigenvalue weighted by Crippen LogP contribution is 2.32. The highest BCUT2D eigenvalue weighted by molar-refractivity contribution is 5.98. The molecule has 0 bridgehead atoms. The number of likely N-dealkylation sites (tertiary alicyclic amines) is 1. The van der Waals surface area contributed by atoms with E-state index in [1.807, 2.05) is 18.2 Å². The molecule has 102 valence electrons. The number of carbonyl (C=O) groups is 1. The molecule has 0 spiro atoms. The monoisotopic (exact) mass is 261 g/mol. The second-order valence-electron chi connectivity index (χ2n) is 5.35. The fourth-order valence-corrected chi connectivity index (χ4v) is 2.59. The number of rotatable bonds is 2. The van der Waals surface area contributed by atoms with Crippen molar-refractivity contribution in [2.75, 3.05) is 30.8 Å². The van der Waals surface area contributed by atoms with E-state index >= 15 is 0 Å². The predicted molar refractivity (Wildman–Crippen MR) is 74.7 cm³/mol. The lowest BCUT2D eigenvalue weighted by Gasteiger charge is -2.24. The van der Waals surface area contributed by atoms with Gasteiger partial charge in [-0.25, -0.2) is 0 Å². The van der Waals surface area contributed by atoms with Gasteiger partial charge < -0.3 is 20.3 Å². The maximum absolute atomic E-state index is 11.6. The van der Waals surface area contributed by atoms with Gasteiger partial charge in [-0.15, -0.1) is 0 Å². The molecule has 5 heteroatoms. The van der Waals surface area contributed by atoms with Crippen LogP contribution >= 0.6 is 0 Å². The van der Waals surface area contributed by atoms with Gasteiger partial charge in [0.25, 0.3) is 5.91 Å². The van der Waals surface area contributed by atoms with Crippen molar-refractivity contribution in [3.05, 3.63) is 18.2 Å². The van der Waals surface area contributed by atoms with Crippen LogP contribution in [0, 0.1) is 0 Å². The molecule has 0 aromatic heterocycles. The van der Waals surface area contributed by atoms with Crippen LogP contribution in [0.1, 0.15) is 13.3 Å². The molecule has 1 aromatic carbocycles. The summed E-state index contributed by atoms with van der Waals surface area (Å²) in [5, 5.41) is 6.37. The number of carbonyl (C=O) groups excluding carboxylic acids is 1. The van der Waals surface area contributed by atoms with Crippen molar-refractivity contribution in [3.63, 3.8) is 0 Å². The Hall–Kier alpha value is -1.75. The van der Waals surface area contributed by atoms with E-state index in [4.69, 9.17) is 4.74 Å². The standard InChI is InChI=1S/C14H19N3O2/c1-9-14(18)16-12-7-10(3-4-13(12)19-9)15-11-5-6-17(2)8-11/h3-4,7,9,11,15H,5-6,8H2,1-2H3,(H,16,18). The third-order valence-corrected chi connectivity index (χ3v) is 3.67. The first-order valence-electron chi connectivity index (χ1n) is 6.68. The Bertz CT molecular complexity index is 503. The lowest BCUT2D eigenvalue weighted by atomic mass is 10.2. The smallest absolute Gasteiger partial charge is 0.265 e. The van der Waals surface area contributed by atoms with E-state index in [1.54, 1.807) is 6.92 Å². The molecule has 1 saturated heterocycles. The second-order valence-corrected chi connectivity index (χ2v) is 5.35. The molecule has 2 heterocycles. The van der Waals surface area contributed by atoms with Gasteiger partial charge in [0.15, 0.2) is 6.10 Å². The Labute approximate surface area is 112 Å². The summed E-state index contributed by atoms with van der Waals surface area (Å²) < 4.78 is 5.54. The lowest BCUT2D eigenvalue weighted by molar-refractivity contribution is -0.122. The highest BCUT2D eigenvalue weighted by atomic mass is 16.5. The SMILES string of the molecule is CC1Oc2ccc(NC3CCN(C)C3)cc2NC1=O. The number of amides is 1. The van der Waals surface area contributed by atoms with E-state index in [-0.39, 0.29) is 5.91 Å². The molecule has 0 saturated carbocycles. The summed E-state index contributed by atoms with van der Waals surface area (Å²) in [7, 11) is 2.13. The molecule has 2 atom stereocenters. The Morgan fingerprint density at radius 2 is 2.32 bits per heavy atom. The average molecular weight is 261 g/mol. The van der Waals surface area contributed by atoms with Gasteiger partial charge in [0.2, 0.25) is 0 Å². The van der Waals surface area contributed by atoms with Crippen molar-refractivity contribution in [2.24, 2.45) is 0 Å². The fourth-order valence-electron chi connectivity index (χ4n) is 2.59. The van der Waals surface area contributed by atoms with E-state index < -0.39 is 6.10 Å². The van der Waals surface area contributed by atoms with Crippen LogP contribution in [0.4, 0.5) is 11.4 Å². The zero-order valence-corrected chi connectivity index (χ0v) is 11.3. The minimum atomic E-state index is -0.421. The van der Waals surface area contributed by atoms with Crippen LogP contribution in [-0.2, 0) is 4.79 Å². The fraction of sp³-hybridized carbons (Fsp3) is 0.500. The first-order valence-corrected chi connectivity index (χ1v) is 6.68. The molecule has 2 aliphatic heterocycles. The summed E-state index contributed by atoms with van der Waals surface area (Å²) in [6, 6.07) is 6.33. The van der Waals surface area contributed by atoms with E-state index in [2.05, 4.69) is 22.6 Å². The number of nitrogens with one attached hydrogen (secondary N) is 2. The minimum Gasteiger partial charge on any atom is -0.479 e. The third kappa shape index (κ3) is 2.51. The number of hydrogen-bond donors (Lipinski definition) is 2. The molecule has 5 nitrogen and oxygen atoms in total. The van der Waals surface area contributed by atoms with E-state index in [1.165, 1.54) is 0 Å². The lowest BCUT2D eigenvalue weighted by Crippen LogP contribution is -2.34. The molecule has 2 aliphatic rings.